The van der Waals surface area contributed by atoms with Gasteiger partial charge in [-0.3, -0.25) is 9.59 Å². The summed E-state index contributed by atoms with van der Waals surface area (Å²) in [7, 11) is 0. The number of halogens is 4. The molecular formula is C17H16ClF3N4O2. The topological polar surface area (TPSA) is 99.2 Å². The van der Waals surface area contributed by atoms with Crippen molar-refractivity contribution in [1.82, 2.24) is 4.90 Å². The van der Waals surface area contributed by atoms with Crippen LogP contribution in [0.25, 0.3) is 0 Å². The highest BCUT2D eigenvalue weighted by Gasteiger charge is 2.33. The van der Waals surface area contributed by atoms with Crippen molar-refractivity contribution in [2.24, 2.45) is 11.7 Å². The largest absolute Gasteiger partial charge is 0.417 e. The van der Waals surface area contributed by atoms with Crippen LogP contribution in [-0.4, -0.2) is 29.8 Å². The molecule has 0 aromatic heterocycles. The zero-order valence-electron chi connectivity index (χ0n) is 14.0. The molecule has 0 bridgehead atoms. The van der Waals surface area contributed by atoms with Crippen molar-refractivity contribution in [3.63, 3.8) is 0 Å². The fourth-order valence-corrected chi connectivity index (χ4v) is 2.88. The first-order valence-electron chi connectivity index (χ1n) is 7.95. The molecule has 0 saturated carbocycles. The van der Waals surface area contributed by atoms with Crippen LogP contribution >= 0.6 is 11.6 Å². The number of nitrogens with zero attached hydrogens (tertiary/aromatic N) is 2. The number of piperidine rings is 1. The molecule has 0 spiro atoms. The van der Waals surface area contributed by atoms with Gasteiger partial charge in [-0.1, -0.05) is 11.6 Å². The van der Waals surface area contributed by atoms with Gasteiger partial charge in [0.15, 0.2) is 0 Å². The molecule has 0 radical (unpaired) electrons. The molecule has 1 aliphatic heterocycles. The van der Waals surface area contributed by atoms with Gasteiger partial charge in [-0.2, -0.15) is 18.4 Å². The summed E-state index contributed by atoms with van der Waals surface area (Å²) >= 11 is 5.53. The average Bonchev–Trinajstić information content (AvgIpc) is 2.60. The van der Waals surface area contributed by atoms with Crippen LogP contribution in [0.2, 0.25) is 5.02 Å². The molecule has 2 rings (SSSR count). The summed E-state index contributed by atoms with van der Waals surface area (Å²) in [6, 6.07) is 4.66. The standard InChI is InChI=1S/C17H16ClF3N4O2/c18-14-2-1-12(7-13(14)17(19,20)21)24-16(27)11(8-22)9-25-5-3-10(4-6-25)15(23)26/h1-2,7,9-10H,3-6H2,(H2,23,26)(H,24,27)/b11-9-. The third kappa shape index (κ3) is 5.37. The molecule has 0 unspecified atom stereocenters. The molecule has 1 aliphatic rings. The molecule has 2 amide bonds. The van der Waals surface area contributed by atoms with E-state index >= 15 is 0 Å². The summed E-state index contributed by atoms with van der Waals surface area (Å²) < 4.78 is 38.7. The van der Waals surface area contributed by atoms with Gasteiger partial charge in [0, 0.05) is 30.9 Å². The molecule has 1 aromatic rings. The van der Waals surface area contributed by atoms with Crippen molar-refractivity contribution in [1.29, 1.82) is 5.26 Å². The third-order valence-corrected chi connectivity index (χ3v) is 4.47. The Morgan fingerprint density at radius 1 is 1.33 bits per heavy atom. The Balaban J connectivity index is 2.10. The van der Waals surface area contributed by atoms with Gasteiger partial charge in [0.1, 0.15) is 11.6 Å². The van der Waals surface area contributed by atoms with E-state index in [1.165, 1.54) is 12.3 Å². The summed E-state index contributed by atoms with van der Waals surface area (Å²) in [4.78, 5) is 25.1. The van der Waals surface area contributed by atoms with Gasteiger partial charge in [0.25, 0.3) is 5.91 Å². The fourth-order valence-electron chi connectivity index (χ4n) is 2.65. The normalized spacial score (nSPS) is 16.0. The molecule has 144 valence electrons. The Labute approximate surface area is 158 Å². The number of nitriles is 1. The van der Waals surface area contributed by atoms with E-state index < -0.39 is 22.7 Å². The molecule has 27 heavy (non-hydrogen) atoms. The quantitative estimate of drug-likeness (QED) is 0.599. The zero-order valence-corrected chi connectivity index (χ0v) is 14.8. The van der Waals surface area contributed by atoms with Crippen molar-refractivity contribution >= 4 is 29.1 Å². The number of carbonyl (C=O) groups excluding carboxylic acids is 2. The van der Waals surface area contributed by atoms with Gasteiger partial charge in [-0.25, -0.2) is 0 Å². The summed E-state index contributed by atoms with van der Waals surface area (Å²) in [5.74, 6) is -1.48. The second-order valence-corrected chi connectivity index (χ2v) is 6.42. The maximum absolute atomic E-state index is 12.9. The minimum absolute atomic E-state index is 0.134. The first-order chi connectivity index (χ1) is 12.6. The van der Waals surface area contributed by atoms with E-state index in [9.17, 15) is 28.0 Å². The van der Waals surface area contributed by atoms with E-state index in [1.54, 1.807) is 11.0 Å². The number of hydrogen-bond donors (Lipinski definition) is 2. The van der Waals surface area contributed by atoms with E-state index in [1.807, 2.05) is 0 Å². The summed E-state index contributed by atoms with van der Waals surface area (Å²) in [5.41, 5.74) is 3.76. The van der Waals surface area contributed by atoms with Crippen LogP contribution in [-0.2, 0) is 15.8 Å². The van der Waals surface area contributed by atoms with E-state index in [2.05, 4.69) is 5.32 Å². The maximum atomic E-state index is 12.9. The van der Waals surface area contributed by atoms with Crippen LogP contribution in [0.1, 0.15) is 18.4 Å². The van der Waals surface area contributed by atoms with Crippen molar-refractivity contribution in [2.75, 3.05) is 18.4 Å². The number of primary amides is 1. The van der Waals surface area contributed by atoms with Gasteiger partial charge in [-0.05, 0) is 31.0 Å². The number of nitrogens with one attached hydrogen (secondary N) is 1. The second kappa shape index (κ2) is 8.31. The molecule has 1 saturated heterocycles. The Morgan fingerprint density at radius 2 is 1.96 bits per heavy atom. The lowest BCUT2D eigenvalue weighted by Gasteiger charge is -2.29. The molecule has 6 nitrogen and oxygen atoms in total. The van der Waals surface area contributed by atoms with Crippen LogP contribution in [0.15, 0.2) is 30.0 Å². The van der Waals surface area contributed by atoms with Crippen molar-refractivity contribution in [3.8, 4) is 6.07 Å². The molecule has 0 aliphatic carbocycles. The van der Waals surface area contributed by atoms with Crippen LogP contribution < -0.4 is 11.1 Å². The lowest BCUT2D eigenvalue weighted by Crippen LogP contribution is -2.36. The fraction of sp³-hybridized carbons (Fsp3) is 0.353. The number of hydrogen-bond acceptors (Lipinski definition) is 4. The van der Waals surface area contributed by atoms with Crippen molar-refractivity contribution in [2.45, 2.75) is 19.0 Å². The minimum Gasteiger partial charge on any atom is -0.376 e. The van der Waals surface area contributed by atoms with Gasteiger partial charge in [-0.15, -0.1) is 0 Å². The highest BCUT2D eigenvalue weighted by molar-refractivity contribution is 6.31. The predicted octanol–water partition coefficient (Wildman–Crippen LogP) is 2.90. The van der Waals surface area contributed by atoms with Gasteiger partial charge < -0.3 is 16.0 Å². The molecule has 1 fully saturated rings. The molecule has 1 heterocycles. The third-order valence-electron chi connectivity index (χ3n) is 4.14. The summed E-state index contributed by atoms with van der Waals surface area (Å²) in [6.07, 6.45) is -2.35. The number of nitrogens with two attached hydrogens (primary N) is 1. The van der Waals surface area contributed by atoms with Gasteiger partial charge in [0.2, 0.25) is 5.91 Å². The lowest BCUT2D eigenvalue weighted by molar-refractivity contribution is -0.137. The molecule has 0 atom stereocenters. The van der Waals surface area contributed by atoms with E-state index in [4.69, 9.17) is 17.3 Å². The molecular weight excluding hydrogens is 385 g/mol. The highest BCUT2D eigenvalue weighted by atomic mass is 35.5. The number of anilines is 1. The highest BCUT2D eigenvalue weighted by Crippen LogP contribution is 2.36. The molecule has 10 heteroatoms. The number of amides is 2. The Kier molecular flexibility index (Phi) is 6.33. The van der Waals surface area contributed by atoms with Crippen LogP contribution in [0, 0.1) is 17.2 Å². The average molecular weight is 401 g/mol. The van der Waals surface area contributed by atoms with Crippen LogP contribution in [0.3, 0.4) is 0 Å². The summed E-state index contributed by atoms with van der Waals surface area (Å²) in [5, 5.41) is 11.0. The van der Waals surface area contributed by atoms with Crippen molar-refractivity contribution in [3.05, 3.63) is 40.6 Å². The number of rotatable bonds is 4. The SMILES string of the molecule is N#C/C(=C/N1CCC(C(N)=O)CC1)C(=O)Nc1ccc(Cl)c(C(F)(F)F)c1. The number of alkyl halides is 3. The molecule has 3 N–H and O–H groups in total. The Morgan fingerprint density at radius 3 is 2.48 bits per heavy atom. The Bertz CT molecular complexity index is 809. The monoisotopic (exact) mass is 400 g/mol. The number of likely N-dealkylation sites (tertiary alicyclic amines) is 1. The van der Waals surface area contributed by atoms with Gasteiger partial charge >= 0.3 is 6.18 Å². The Hall–Kier alpha value is -2.73. The predicted molar refractivity (Wildman–Crippen MR) is 92.3 cm³/mol. The van der Waals surface area contributed by atoms with E-state index in [-0.39, 0.29) is 23.1 Å². The van der Waals surface area contributed by atoms with Crippen LogP contribution in [0.4, 0.5) is 18.9 Å². The lowest BCUT2D eigenvalue weighted by atomic mass is 9.96. The second-order valence-electron chi connectivity index (χ2n) is 6.01. The maximum Gasteiger partial charge on any atom is 0.417 e. The number of carbonyl (C=O) groups is 2. The van der Waals surface area contributed by atoms with Gasteiger partial charge in [0.05, 0.1) is 10.6 Å². The smallest absolute Gasteiger partial charge is 0.376 e. The first-order valence-corrected chi connectivity index (χ1v) is 8.33. The van der Waals surface area contributed by atoms with Crippen molar-refractivity contribution < 1.29 is 22.8 Å². The minimum atomic E-state index is -4.67. The summed E-state index contributed by atoms with van der Waals surface area (Å²) in [6.45, 7) is 0.871. The van der Waals surface area contributed by atoms with E-state index in [0.29, 0.717) is 32.0 Å². The van der Waals surface area contributed by atoms with Crippen LogP contribution in [0.5, 0.6) is 0 Å². The number of benzene rings is 1. The zero-order chi connectivity index (χ0) is 20.2. The van der Waals surface area contributed by atoms with E-state index in [0.717, 1.165) is 6.07 Å². The first kappa shape index (κ1) is 20.6. The molecule has 1 aromatic carbocycles.